The highest BCUT2D eigenvalue weighted by Gasteiger charge is 2.29. The zero-order valence-electron chi connectivity index (χ0n) is 20.1. The molecule has 0 aliphatic heterocycles. The normalized spacial score (nSPS) is 11.7. The van der Waals surface area contributed by atoms with Gasteiger partial charge in [-0.1, -0.05) is 51.1 Å². The predicted octanol–water partition coefficient (Wildman–Crippen LogP) is 4.54. The molecule has 4 aromatic rings. The highest BCUT2D eigenvalue weighted by Crippen LogP contribution is 2.41. The van der Waals surface area contributed by atoms with Gasteiger partial charge in [-0.2, -0.15) is 4.98 Å². The van der Waals surface area contributed by atoms with Crippen LogP contribution in [0.5, 0.6) is 23.1 Å². The van der Waals surface area contributed by atoms with E-state index in [2.05, 4.69) is 24.7 Å². The van der Waals surface area contributed by atoms with Crippen molar-refractivity contribution in [2.45, 2.75) is 31.1 Å². The van der Waals surface area contributed by atoms with E-state index in [4.69, 9.17) is 9.47 Å². The molecule has 4 rings (SSSR count). The van der Waals surface area contributed by atoms with E-state index < -0.39 is 21.3 Å². The summed E-state index contributed by atoms with van der Waals surface area (Å²) < 4.78 is 40.8. The second kappa shape index (κ2) is 9.78. The number of para-hydroxylation sites is 2. The summed E-state index contributed by atoms with van der Waals surface area (Å²) in [6.45, 7) is 5.75. The highest BCUT2D eigenvalue weighted by atomic mass is 32.2. The minimum absolute atomic E-state index is 0.0661. The molecule has 0 spiro atoms. The number of sulfonamides is 1. The van der Waals surface area contributed by atoms with Gasteiger partial charge in [-0.25, -0.2) is 23.4 Å². The number of aromatic hydroxyl groups is 1. The molecule has 0 saturated heterocycles. The molecule has 36 heavy (non-hydrogen) atoms. The van der Waals surface area contributed by atoms with Gasteiger partial charge in [0.25, 0.3) is 15.9 Å². The molecule has 0 aliphatic rings. The SMILES string of the molecule is COc1ccccc1Oc1c(O)nc(-c2ncccn2)nc1NS(=O)(=O)c1ccccc1C(C)(C)C. The smallest absolute Gasteiger partial charge is 0.263 e. The zero-order chi connectivity index (χ0) is 25.9. The minimum atomic E-state index is -4.18. The third-order valence-electron chi connectivity index (χ3n) is 5.11. The Morgan fingerprint density at radius 3 is 2.17 bits per heavy atom. The van der Waals surface area contributed by atoms with Crippen LogP contribution in [0.4, 0.5) is 5.82 Å². The van der Waals surface area contributed by atoms with Crippen LogP contribution in [0.2, 0.25) is 0 Å². The number of ether oxygens (including phenoxy) is 2. The molecule has 2 N–H and O–H groups in total. The number of nitrogens with one attached hydrogen (secondary N) is 1. The molecule has 0 aliphatic carbocycles. The first kappa shape index (κ1) is 24.9. The summed E-state index contributed by atoms with van der Waals surface area (Å²) in [5.74, 6) is -0.636. The third kappa shape index (κ3) is 5.20. The molecule has 2 aromatic carbocycles. The van der Waals surface area contributed by atoms with Crippen LogP contribution in [0, 0.1) is 0 Å². The lowest BCUT2D eigenvalue weighted by Crippen LogP contribution is -2.21. The lowest BCUT2D eigenvalue weighted by molar-refractivity contribution is 0.361. The van der Waals surface area contributed by atoms with Crippen LogP contribution in [0.3, 0.4) is 0 Å². The molecule has 0 bridgehead atoms. The van der Waals surface area contributed by atoms with Crippen molar-refractivity contribution in [1.82, 2.24) is 19.9 Å². The fourth-order valence-electron chi connectivity index (χ4n) is 3.43. The van der Waals surface area contributed by atoms with Gasteiger partial charge in [0.2, 0.25) is 11.6 Å². The van der Waals surface area contributed by atoms with Crippen LogP contribution < -0.4 is 14.2 Å². The number of anilines is 1. The Kier molecular flexibility index (Phi) is 6.75. The molecule has 2 heterocycles. The third-order valence-corrected chi connectivity index (χ3v) is 6.51. The van der Waals surface area contributed by atoms with E-state index in [1.807, 2.05) is 20.8 Å². The van der Waals surface area contributed by atoms with E-state index in [-0.39, 0.29) is 33.9 Å². The monoisotopic (exact) mass is 507 g/mol. The van der Waals surface area contributed by atoms with Crippen molar-refractivity contribution in [3.63, 3.8) is 0 Å². The fraction of sp³-hybridized carbons (Fsp3) is 0.200. The molecule has 0 radical (unpaired) electrons. The molecule has 0 saturated carbocycles. The lowest BCUT2D eigenvalue weighted by Gasteiger charge is -2.23. The Hall–Kier alpha value is -4.25. The molecular formula is C25H25N5O5S. The first-order chi connectivity index (χ1) is 17.1. The Morgan fingerprint density at radius 1 is 0.861 bits per heavy atom. The fourth-order valence-corrected chi connectivity index (χ4v) is 4.86. The minimum Gasteiger partial charge on any atom is -0.493 e. The number of methoxy groups -OCH3 is 1. The summed E-state index contributed by atoms with van der Waals surface area (Å²) in [5, 5.41) is 10.8. The van der Waals surface area contributed by atoms with Crippen LogP contribution in [-0.4, -0.2) is 40.6 Å². The summed E-state index contributed by atoms with van der Waals surface area (Å²) in [7, 11) is -2.72. The number of hydrogen-bond acceptors (Lipinski definition) is 9. The number of rotatable bonds is 7. The lowest BCUT2D eigenvalue weighted by atomic mass is 9.87. The van der Waals surface area contributed by atoms with Crippen LogP contribution in [0.25, 0.3) is 11.6 Å². The Morgan fingerprint density at radius 2 is 1.50 bits per heavy atom. The average molecular weight is 508 g/mol. The molecule has 0 atom stereocenters. The van der Waals surface area contributed by atoms with Crippen molar-refractivity contribution in [3.8, 4) is 34.8 Å². The van der Waals surface area contributed by atoms with Crippen molar-refractivity contribution in [2.75, 3.05) is 11.8 Å². The maximum absolute atomic E-state index is 13.6. The molecule has 0 amide bonds. The molecular weight excluding hydrogens is 482 g/mol. The molecule has 2 aromatic heterocycles. The van der Waals surface area contributed by atoms with E-state index in [0.29, 0.717) is 11.3 Å². The molecule has 186 valence electrons. The first-order valence-electron chi connectivity index (χ1n) is 10.9. The van der Waals surface area contributed by atoms with Crippen LogP contribution in [0.1, 0.15) is 26.3 Å². The van der Waals surface area contributed by atoms with Gasteiger partial charge >= 0.3 is 0 Å². The van der Waals surface area contributed by atoms with Crippen molar-refractivity contribution in [1.29, 1.82) is 0 Å². The maximum atomic E-state index is 13.6. The van der Waals surface area contributed by atoms with Crippen molar-refractivity contribution >= 4 is 15.8 Å². The Labute approximate surface area is 209 Å². The van der Waals surface area contributed by atoms with Gasteiger partial charge in [0.1, 0.15) is 0 Å². The summed E-state index contributed by atoms with van der Waals surface area (Å²) in [6, 6.07) is 15.0. The van der Waals surface area contributed by atoms with Crippen LogP contribution in [-0.2, 0) is 15.4 Å². The van der Waals surface area contributed by atoms with E-state index in [1.54, 1.807) is 48.5 Å². The van der Waals surface area contributed by atoms with Crippen LogP contribution >= 0.6 is 0 Å². The number of hydrogen-bond donors (Lipinski definition) is 2. The maximum Gasteiger partial charge on any atom is 0.263 e. The number of benzene rings is 2. The van der Waals surface area contributed by atoms with Crippen LogP contribution in [0.15, 0.2) is 71.9 Å². The highest BCUT2D eigenvalue weighted by molar-refractivity contribution is 7.92. The summed E-state index contributed by atoms with van der Waals surface area (Å²) >= 11 is 0. The first-order valence-corrected chi connectivity index (χ1v) is 12.4. The molecule has 10 nitrogen and oxygen atoms in total. The average Bonchev–Trinajstić information content (AvgIpc) is 2.86. The zero-order valence-corrected chi connectivity index (χ0v) is 20.9. The van der Waals surface area contributed by atoms with Crippen molar-refractivity contribution in [2.24, 2.45) is 0 Å². The molecule has 11 heteroatoms. The largest absolute Gasteiger partial charge is 0.493 e. The standard InChI is InChI=1S/C25H25N5O5S/c1-25(2,3)16-10-5-8-13-19(16)36(32,33)30-21-20(35-18-12-7-6-11-17(18)34-4)24(31)29-23(28-21)22-26-14-9-15-27-22/h5-15H,1-4H3,(H2,28,29,30,31). The van der Waals surface area contributed by atoms with E-state index in [9.17, 15) is 13.5 Å². The van der Waals surface area contributed by atoms with Gasteiger partial charge < -0.3 is 14.6 Å². The van der Waals surface area contributed by atoms with Gasteiger partial charge in [-0.3, -0.25) is 4.72 Å². The van der Waals surface area contributed by atoms with Gasteiger partial charge in [-0.05, 0) is 35.2 Å². The Bertz CT molecular complexity index is 1490. The summed E-state index contributed by atoms with van der Waals surface area (Å²) in [5.41, 5.74) is 0.147. The van der Waals surface area contributed by atoms with Gasteiger partial charge in [-0.15, -0.1) is 0 Å². The van der Waals surface area contributed by atoms with Crippen molar-refractivity contribution < 1.29 is 23.0 Å². The van der Waals surface area contributed by atoms with Crippen molar-refractivity contribution in [3.05, 3.63) is 72.6 Å². The molecule has 0 unspecified atom stereocenters. The number of aromatic nitrogens is 4. The van der Waals surface area contributed by atoms with Gasteiger partial charge in [0.05, 0.1) is 12.0 Å². The topological polar surface area (TPSA) is 136 Å². The second-order valence-corrected chi connectivity index (χ2v) is 10.4. The molecule has 0 fully saturated rings. The van der Waals surface area contributed by atoms with E-state index in [1.165, 1.54) is 25.6 Å². The van der Waals surface area contributed by atoms with Gasteiger partial charge in [0.15, 0.2) is 23.1 Å². The van der Waals surface area contributed by atoms with E-state index in [0.717, 1.165) is 0 Å². The number of nitrogens with zero attached hydrogens (tertiary/aromatic N) is 4. The second-order valence-electron chi connectivity index (χ2n) is 8.73. The van der Waals surface area contributed by atoms with Gasteiger partial charge in [0, 0.05) is 12.4 Å². The quantitative estimate of drug-likeness (QED) is 0.369. The predicted molar refractivity (Wildman–Crippen MR) is 134 cm³/mol. The summed E-state index contributed by atoms with van der Waals surface area (Å²) in [6.07, 6.45) is 2.96. The summed E-state index contributed by atoms with van der Waals surface area (Å²) in [4.78, 5) is 16.6. The van der Waals surface area contributed by atoms with E-state index >= 15 is 0 Å². The Balaban J connectivity index is 1.86.